The van der Waals surface area contributed by atoms with Crippen molar-refractivity contribution in [2.75, 3.05) is 33.4 Å². The lowest BCUT2D eigenvalue weighted by Crippen LogP contribution is -2.47. The molecule has 2 aliphatic rings. The SMILES string of the molecule is COCC1(CNC(=O)c2cc(C3CC3)nc3ccc(F)cc23)CCNCC1. The Morgan fingerprint density at radius 1 is 1.33 bits per heavy atom. The van der Waals surface area contributed by atoms with E-state index < -0.39 is 0 Å². The number of benzene rings is 1. The molecule has 0 unspecified atom stereocenters. The minimum atomic E-state index is -0.355. The summed E-state index contributed by atoms with van der Waals surface area (Å²) in [5, 5.41) is 7.02. The van der Waals surface area contributed by atoms with Crippen LogP contribution in [0, 0.1) is 11.2 Å². The number of carbonyl (C=O) groups excluding carboxylic acids is 1. The van der Waals surface area contributed by atoms with Gasteiger partial charge in [-0.3, -0.25) is 9.78 Å². The number of aromatic nitrogens is 1. The van der Waals surface area contributed by atoms with Crippen molar-refractivity contribution in [3.8, 4) is 0 Å². The van der Waals surface area contributed by atoms with Crippen LogP contribution in [0.5, 0.6) is 0 Å². The number of nitrogens with one attached hydrogen (secondary N) is 2. The molecular weight excluding hydrogens is 345 g/mol. The molecule has 0 atom stereocenters. The van der Waals surface area contributed by atoms with Crippen LogP contribution in [0.4, 0.5) is 4.39 Å². The summed E-state index contributed by atoms with van der Waals surface area (Å²) in [7, 11) is 1.70. The Balaban J connectivity index is 1.60. The highest BCUT2D eigenvalue weighted by Crippen LogP contribution is 2.40. The first-order chi connectivity index (χ1) is 13.1. The molecule has 1 aliphatic carbocycles. The number of halogens is 1. The molecule has 1 aromatic heterocycles. The van der Waals surface area contributed by atoms with E-state index >= 15 is 0 Å². The number of rotatable bonds is 6. The van der Waals surface area contributed by atoms with E-state index in [1.807, 2.05) is 6.07 Å². The highest BCUT2D eigenvalue weighted by molar-refractivity contribution is 6.06. The summed E-state index contributed by atoms with van der Waals surface area (Å²) < 4.78 is 19.2. The van der Waals surface area contributed by atoms with Gasteiger partial charge in [0.2, 0.25) is 0 Å². The molecular formula is C21H26FN3O2. The Kier molecular flexibility index (Phi) is 5.10. The predicted octanol–water partition coefficient (Wildman–Crippen LogP) is 3.00. The van der Waals surface area contributed by atoms with Crippen molar-refractivity contribution in [3.63, 3.8) is 0 Å². The lowest BCUT2D eigenvalue weighted by atomic mass is 9.79. The Labute approximate surface area is 158 Å². The molecule has 1 aliphatic heterocycles. The molecule has 2 aromatic rings. The average Bonchev–Trinajstić information content (AvgIpc) is 3.52. The van der Waals surface area contributed by atoms with Gasteiger partial charge in [-0.15, -0.1) is 0 Å². The van der Waals surface area contributed by atoms with Gasteiger partial charge >= 0.3 is 0 Å². The third-order valence-electron chi connectivity index (χ3n) is 5.77. The zero-order valence-corrected chi connectivity index (χ0v) is 15.7. The van der Waals surface area contributed by atoms with Crippen molar-refractivity contribution in [3.05, 3.63) is 41.3 Å². The molecule has 0 radical (unpaired) electrons. The standard InChI is InChI=1S/C21H26FN3O2/c1-27-13-21(6-8-23-9-7-21)12-24-20(26)17-11-19(14-2-3-14)25-18-5-4-15(22)10-16(17)18/h4-5,10-11,14,23H,2-3,6-9,12-13H2,1H3,(H,24,26). The van der Waals surface area contributed by atoms with Crippen molar-refractivity contribution in [1.29, 1.82) is 0 Å². The Morgan fingerprint density at radius 2 is 2.11 bits per heavy atom. The van der Waals surface area contributed by atoms with Crippen molar-refractivity contribution >= 4 is 16.8 Å². The first kappa shape index (κ1) is 18.3. The molecule has 0 spiro atoms. The summed E-state index contributed by atoms with van der Waals surface area (Å²) in [4.78, 5) is 17.7. The quantitative estimate of drug-likeness (QED) is 0.819. The number of methoxy groups -OCH3 is 1. The number of fused-ring (bicyclic) bond motifs is 1. The number of hydrogen-bond donors (Lipinski definition) is 2. The average molecular weight is 371 g/mol. The second-order valence-electron chi connectivity index (χ2n) is 7.90. The van der Waals surface area contributed by atoms with E-state index in [-0.39, 0.29) is 17.1 Å². The van der Waals surface area contributed by atoms with E-state index in [0.717, 1.165) is 44.5 Å². The fourth-order valence-corrected chi connectivity index (χ4v) is 3.99. The molecule has 2 heterocycles. The number of nitrogens with zero attached hydrogens (tertiary/aromatic N) is 1. The van der Waals surface area contributed by atoms with Crippen molar-refractivity contribution in [2.45, 2.75) is 31.6 Å². The molecule has 1 amide bonds. The Hall–Kier alpha value is -2.05. The molecule has 5 nitrogen and oxygen atoms in total. The van der Waals surface area contributed by atoms with Crippen molar-refractivity contribution in [1.82, 2.24) is 15.6 Å². The lowest BCUT2D eigenvalue weighted by molar-refractivity contribution is 0.0512. The molecule has 1 aromatic carbocycles. The summed E-state index contributed by atoms with van der Waals surface area (Å²) in [6, 6.07) is 6.31. The van der Waals surface area contributed by atoms with Gasteiger partial charge in [0.15, 0.2) is 0 Å². The molecule has 1 saturated carbocycles. The van der Waals surface area contributed by atoms with Crippen molar-refractivity contribution in [2.24, 2.45) is 5.41 Å². The maximum absolute atomic E-state index is 13.8. The van der Waals surface area contributed by atoms with Crippen LogP contribution >= 0.6 is 0 Å². The van der Waals surface area contributed by atoms with Crippen LogP contribution in [0.25, 0.3) is 10.9 Å². The summed E-state index contributed by atoms with van der Waals surface area (Å²) in [5.41, 5.74) is 2.08. The number of carbonyl (C=O) groups is 1. The van der Waals surface area contributed by atoms with E-state index in [2.05, 4.69) is 15.6 Å². The van der Waals surface area contributed by atoms with Gasteiger partial charge in [-0.1, -0.05) is 0 Å². The molecule has 2 fully saturated rings. The second-order valence-corrected chi connectivity index (χ2v) is 7.90. The van der Waals surface area contributed by atoms with E-state index in [9.17, 15) is 9.18 Å². The third-order valence-corrected chi connectivity index (χ3v) is 5.77. The number of amides is 1. The number of pyridine rings is 1. The fourth-order valence-electron chi connectivity index (χ4n) is 3.99. The predicted molar refractivity (Wildman–Crippen MR) is 102 cm³/mol. The molecule has 6 heteroatoms. The molecule has 2 N–H and O–H groups in total. The summed E-state index contributed by atoms with van der Waals surface area (Å²) in [6.07, 6.45) is 4.12. The monoisotopic (exact) mass is 371 g/mol. The smallest absolute Gasteiger partial charge is 0.252 e. The zero-order chi connectivity index (χ0) is 18.9. The Bertz CT molecular complexity index is 839. The zero-order valence-electron chi connectivity index (χ0n) is 15.7. The molecule has 144 valence electrons. The molecule has 1 saturated heterocycles. The summed E-state index contributed by atoms with van der Waals surface area (Å²) in [5.74, 6) is -0.0918. The van der Waals surface area contributed by atoms with Crippen LogP contribution in [-0.4, -0.2) is 44.2 Å². The van der Waals surface area contributed by atoms with Gasteiger partial charge in [-0.05, 0) is 63.0 Å². The maximum Gasteiger partial charge on any atom is 0.252 e. The van der Waals surface area contributed by atoms with Crippen LogP contribution in [0.2, 0.25) is 0 Å². The van der Waals surface area contributed by atoms with Gasteiger partial charge in [0.05, 0.1) is 17.7 Å². The van der Waals surface area contributed by atoms with Crippen molar-refractivity contribution < 1.29 is 13.9 Å². The second kappa shape index (κ2) is 7.52. The fraction of sp³-hybridized carbons (Fsp3) is 0.524. The van der Waals surface area contributed by atoms with Gasteiger partial charge in [-0.25, -0.2) is 4.39 Å². The highest BCUT2D eigenvalue weighted by Gasteiger charge is 2.33. The first-order valence-electron chi connectivity index (χ1n) is 9.68. The minimum Gasteiger partial charge on any atom is -0.384 e. The third kappa shape index (κ3) is 3.96. The molecule has 0 bridgehead atoms. The first-order valence-corrected chi connectivity index (χ1v) is 9.68. The molecule has 27 heavy (non-hydrogen) atoms. The van der Waals surface area contributed by atoms with Gasteiger partial charge in [-0.2, -0.15) is 0 Å². The van der Waals surface area contributed by atoms with E-state index in [4.69, 9.17) is 4.74 Å². The largest absolute Gasteiger partial charge is 0.384 e. The summed E-state index contributed by atoms with van der Waals surface area (Å²) >= 11 is 0. The minimum absolute atomic E-state index is 0.0525. The van der Waals surface area contributed by atoms with E-state index in [0.29, 0.717) is 35.5 Å². The van der Waals surface area contributed by atoms with Gasteiger partial charge < -0.3 is 15.4 Å². The number of hydrogen-bond acceptors (Lipinski definition) is 4. The van der Waals surface area contributed by atoms with Gasteiger partial charge in [0.1, 0.15) is 5.82 Å². The maximum atomic E-state index is 13.8. The van der Waals surface area contributed by atoms with Gasteiger partial charge in [0.25, 0.3) is 5.91 Å². The van der Waals surface area contributed by atoms with Crippen LogP contribution in [0.15, 0.2) is 24.3 Å². The van der Waals surface area contributed by atoms with E-state index in [1.54, 1.807) is 13.2 Å². The number of ether oxygens (including phenoxy) is 1. The van der Waals surface area contributed by atoms with Crippen LogP contribution in [0.3, 0.4) is 0 Å². The highest BCUT2D eigenvalue weighted by atomic mass is 19.1. The van der Waals surface area contributed by atoms with Gasteiger partial charge in [0, 0.05) is 36.1 Å². The number of piperidine rings is 1. The normalized spacial score (nSPS) is 19.2. The van der Waals surface area contributed by atoms with Crippen LogP contribution < -0.4 is 10.6 Å². The molecule has 4 rings (SSSR count). The van der Waals surface area contributed by atoms with Crippen LogP contribution in [0.1, 0.15) is 47.7 Å². The Morgan fingerprint density at radius 3 is 2.81 bits per heavy atom. The summed E-state index contributed by atoms with van der Waals surface area (Å²) in [6.45, 7) is 3.02. The lowest BCUT2D eigenvalue weighted by Gasteiger charge is -2.37. The van der Waals surface area contributed by atoms with E-state index in [1.165, 1.54) is 12.1 Å². The van der Waals surface area contributed by atoms with Crippen LogP contribution in [-0.2, 0) is 4.74 Å². The topological polar surface area (TPSA) is 63.2 Å².